The molecule has 1 heterocycles. The molecule has 0 aliphatic rings. The predicted molar refractivity (Wildman–Crippen MR) is 61.9 cm³/mol. The summed E-state index contributed by atoms with van der Waals surface area (Å²) in [5, 5.41) is 0. The Morgan fingerprint density at radius 1 is 0.812 bits per heavy atom. The van der Waals surface area contributed by atoms with Gasteiger partial charge in [-0.15, -0.1) is 0 Å². The number of aromatic nitrogens is 1. The van der Waals surface area contributed by atoms with Gasteiger partial charge in [-0.2, -0.15) is 4.57 Å². The van der Waals surface area contributed by atoms with Gasteiger partial charge in [0.05, 0.1) is 0 Å². The van der Waals surface area contributed by atoms with Crippen LogP contribution in [0, 0.1) is 0 Å². The van der Waals surface area contributed by atoms with E-state index in [2.05, 4.69) is 18.2 Å². The lowest BCUT2D eigenvalue weighted by molar-refractivity contribution is -0.567. The highest BCUT2D eigenvalue weighted by atomic mass is 79.9. The van der Waals surface area contributed by atoms with E-state index in [4.69, 9.17) is 0 Å². The molecule has 0 unspecified atom stereocenters. The predicted octanol–water partition coefficient (Wildman–Crippen LogP) is -1.22. The van der Waals surface area contributed by atoms with Crippen LogP contribution in [-0.4, -0.2) is 5.48 Å². The first-order chi connectivity index (χ1) is 6.95. The van der Waals surface area contributed by atoms with Crippen LogP contribution in [0.25, 0.3) is 12.3 Å². The second kappa shape index (κ2) is 7.79. The Morgan fingerprint density at radius 3 is 2.00 bits per heavy atom. The second-order valence-corrected chi connectivity index (χ2v) is 3.05. The molecule has 16 heavy (non-hydrogen) atoms. The maximum Gasteiger partial charge on any atom is 0.175 e. The molecule has 0 aliphatic heterocycles. The van der Waals surface area contributed by atoms with Crippen LogP contribution in [0.15, 0.2) is 60.9 Å². The molecule has 2 rings (SSSR count). The molecule has 0 fully saturated rings. The molecule has 3 heteroatoms. The molecule has 84 valence electrons. The zero-order valence-corrected chi connectivity index (χ0v) is 10.3. The van der Waals surface area contributed by atoms with Crippen LogP contribution in [0.2, 0.25) is 0 Å². The van der Waals surface area contributed by atoms with E-state index in [0.717, 1.165) is 0 Å². The number of rotatable bonds is 2. The fourth-order valence-electron chi connectivity index (χ4n) is 1.25. The molecule has 1 aromatic carbocycles. The Morgan fingerprint density at radius 2 is 1.38 bits per heavy atom. The number of halogens is 1. The third kappa shape index (κ3) is 4.38. The van der Waals surface area contributed by atoms with Crippen molar-refractivity contribution in [1.82, 2.24) is 0 Å². The summed E-state index contributed by atoms with van der Waals surface area (Å²) in [4.78, 5) is 0. The summed E-state index contributed by atoms with van der Waals surface area (Å²) < 4.78 is 2.02. The highest BCUT2D eigenvalue weighted by Crippen LogP contribution is 1.99. The third-order valence-electron chi connectivity index (χ3n) is 1.98. The maximum atomic E-state index is 2.08. The van der Waals surface area contributed by atoms with Crippen LogP contribution in [-0.2, 0) is 0 Å². The summed E-state index contributed by atoms with van der Waals surface area (Å²) in [6.45, 7) is 0. The molecular formula is C13H14BrNO. The number of hydrogen-bond donors (Lipinski definition) is 0. The number of nitrogens with zero attached hydrogens (tertiary/aromatic N) is 1. The van der Waals surface area contributed by atoms with Gasteiger partial charge in [-0.1, -0.05) is 36.4 Å². The lowest BCUT2D eigenvalue weighted by atomic mass is 10.2. The molecule has 0 saturated carbocycles. The topological polar surface area (TPSA) is 35.4 Å². The highest BCUT2D eigenvalue weighted by Gasteiger charge is 1.89. The third-order valence-corrected chi connectivity index (χ3v) is 1.98. The van der Waals surface area contributed by atoms with E-state index >= 15 is 0 Å². The van der Waals surface area contributed by atoms with E-state index in [0.29, 0.717) is 0 Å². The average Bonchev–Trinajstić information content (AvgIpc) is 2.29. The molecule has 2 N–H and O–H groups in total. The Hall–Kier alpha value is -1.45. The first kappa shape index (κ1) is 14.6. The molecule has 0 amide bonds. The summed E-state index contributed by atoms with van der Waals surface area (Å²) in [5.41, 5.74) is 1.21. The minimum Gasteiger partial charge on any atom is -1.00 e. The van der Waals surface area contributed by atoms with Gasteiger partial charge in [0.25, 0.3) is 0 Å². The lowest BCUT2D eigenvalue weighted by Gasteiger charge is -1.88. The van der Waals surface area contributed by atoms with Crippen molar-refractivity contribution in [3.8, 4) is 0 Å². The molecule has 0 bridgehead atoms. The van der Waals surface area contributed by atoms with Crippen molar-refractivity contribution >= 4 is 12.3 Å². The van der Waals surface area contributed by atoms with Crippen molar-refractivity contribution in [2.45, 2.75) is 0 Å². The van der Waals surface area contributed by atoms with Gasteiger partial charge in [0, 0.05) is 18.2 Å². The lowest BCUT2D eigenvalue weighted by Crippen LogP contribution is -3.00. The van der Waals surface area contributed by atoms with Crippen molar-refractivity contribution in [3.63, 3.8) is 0 Å². The van der Waals surface area contributed by atoms with Gasteiger partial charge in [-0.25, -0.2) is 0 Å². The van der Waals surface area contributed by atoms with E-state index in [1.54, 1.807) is 0 Å². The zero-order valence-electron chi connectivity index (χ0n) is 8.75. The Labute approximate surface area is 106 Å². The van der Waals surface area contributed by atoms with Gasteiger partial charge in [0.2, 0.25) is 0 Å². The number of pyridine rings is 1. The fraction of sp³-hybridized carbons (Fsp3) is 0. The summed E-state index contributed by atoms with van der Waals surface area (Å²) in [6.07, 6.45) is 8.15. The van der Waals surface area contributed by atoms with Gasteiger partial charge in [-0.3, -0.25) is 0 Å². The Kier molecular flexibility index (Phi) is 7.09. The van der Waals surface area contributed by atoms with Gasteiger partial charge in [0.1, 0.15) is 0 Å². The molecular weight excluding hydrogens is 266 g/mol. The SMILES string of the molecule is C(=C\[n+]1ccccc1)/c1ccccc1.O.[Br-]. The Bertz CT molecular complexity index is 373. The minimum atomic E-state index is 0. The molecule has 0 radical (unpaired) electrons. The summed E-state index contributed by atoms with van der Waals surface area (Å²) in [5.74, 6) is 0. The zero-order chi connectivity index (χ0) is 9.64. The van der Waals surface area contributed by atoms with Gasteiger partial charge in [0.15, 0.2) is 18.6 Å². The van der Waals surface area contributed by atoms with Crippen LogP contribution >= 0.6 is 0 Å². The summed E-state index contributed by atoms with van der Waals surface area (Å²) in [7, 11) is 0. The molecule has 0 atom stereocenters. The van der Waals surface area contributed by atoms with E-state index in [1.165, 1.54) is 5.56 Å². The van der Waals surface area contributed by atoms with Crippen molar-refractivity contribution in [2.24, 2.45) is 0 Å². The smallest absolute Gasteiger partial charge is 0.175 e. The van der Waals surface area contributed by atoms with Crippen LogP contribution in [0.3, 0.4) is 0 Å². The van der Waals surface area contributed by atoms with Crippen molar-refractivity contribution in [2.75, 3.05) is 0 Å². The van der Waals surface area contributed by atoms with E-state index in [9.17, 15) is 0 Å². The maximum absolute atomic E-state index is 2.08. The number of hydrogen-bond acceptors (Lipinski definition) is 0. The van der Waals surface area contributed by atoms with Crippen LogP contribution in [0.1, 0.15) is 5.56 Å². The molecule has 0 spiro atoms. The first-order valence-corrected chi connectivity index (χ1v) is 4.64. The van der Waals surface area contributed by atoms with Crippen LogP contribution in [0.4, 0.5) is 0 Å². The van der Waals surface area contributed by atoms with Gasteiger partial charge in [-0.05, 0) is 5.56 Å². The fourth-order valence-corrected chi connectivity index (χ4v) is 1.25. The van der Waals surface area contributed by atoms with E-state index < -0.39 is 0 Å². The van der Waals surface area contributed by atoms with Crippen molar-refractivity contribution in [3.05, 3.63) is 66.5 Å². The van der Waals surface area contributed by atoms with Crippen molar-refractivity contribution < 1.29 is 27.0 Å². The normalized spacial score (nSPS) is 9.25. The standard InChI is InChI=1S/C13H12N.BrH.H2O/c1-3-7-13(8-4-1)9-12-14-10-5-2-6-11-14;;/h1-12H;1H;1H2/q+1;;/p-1/b12-9+;;. The molecule has 0 saturated heterocycles. The molecule has 2 aromatic rings. The van der Waals surface area contributed by atoms with Gasteiger partial charge >= 0.3 is 0 Å². The number of benzene rings is 1. The van der Waals surface area contributed by atoms with Crippen molar-refractivity contribution in [1.29, 1.82) is 0 Å². The molecule has 0 aliphatic carbocycles. The van der Waals surface area contributed by atoms with E-state index in [-0.39, 0.29) is 22.5 Å². The minimum absolute atomic E-state index is 0. The second-order valence-electron chi connectivity index (χ2n) is 3.05. The highest BCUT2D eigenvalue weighted by molar-refractivity contribution is 5.56. The van der Waals surface area contributed by atoms with Gasteiger partial charge < -0.3 is 22.5 Å². The largest absolute Gasteiger partial charge is 1.00 e. The van der Waals surface area contributed by atoms with Crippen LogP contribution < -0.4 is 21.5 Å². The first-order valence-electron chi connectivity index (χ1n) is 4.64. The monoisotopic (exact) mass is 279 g/mol. The Balaban J connectivity index is 0.00000112. The summed E-state index contributed by atoms with van der Waals surface area (Å²) in [6, 6.07) is 16.3. The molecule has 1 aromatic heterocycles. The van der Waals surface area contributed by atoms with Crippen LogP contribution in [0.5, 0.6) is 0 Å². The average molecular weight is 280 g/mol. The van der Waals surface area contributed by atoms with E-state index in [1.807, 2.05) is 59.6 Å². The summed E-state index contributed by atoms with van der Waals surface area (Å²) >= 11 is 0. The quantitative estimate of drug-likeness (QED) is 0.618. The molecule has 2 nitrogen and oxygen atoms in total.